The first-order valence-corrected chi connectivity index (χ1v) is 7.33. The molecule has 20 heavy (non-hydrogen) atoms. The summed E-state index contributed by atoms with van der Waals surface area (Å²) < 4.78 is 13.6. The van der Waals surface area contributed by atoms with E-state index in [-0.39, 0.29) is 22.0 Å². The minimum absolute atomic E-state index is 0.0200. The Labute approximate surface area is 126 Å². The number of halogens is 2. The van der Waals surface area contributed by atoms with Crippen LogP contribution in [-0.4, -0.2) is 5.91 Å². The molecule has 0 radical (unpaired) electrons. The summed E-state index contributed by atoms with van der Waals surface area (Å²) in [6.45, 7) is 1.93. The Balaban J connectivity index is 2.79. The lowest BCUT2D eigenvalue weighted by Gasteiger charge is -2.11. The maximum atomic E-state index is 13.6. The molecule has 1 aromatic rings. The second-order valence-corrected chi connectivity index (χ2v) is 5.16. The summed E-state index contributed by atoms with van der Waals surface area (Å²) in [5, 5.41) is 8.28. The zero-order chi connectivity index (χ0) is 15.1. The van der Waals surface area contributed by atoms with E-state index in [1.807, 2.05) is 6.92 Å². The van der Waals surface area contributed by atoms with Crippen molar-refractivity contribution < 1.29 is 9.18 Å². The topological polar surface area (TPSA) is 81.1 Å². The summed E-state index contributed by atoms with van der Waals surface area (Å²) in [5.41, 5.74) is 6.45. The second-order valence-electron chi connectivity index (χ2n) is 4.11. The Kier molecular flexibility index (Phi) is 6.84. The Morgan fingerprint density at radius 3 is 2.75 bits per heavy atom. The minimum Gasteiger partial charge on any atom is -0.401 e. The van der Waals surface area contributed by atoms with E-state index in [0.29, 0.717) is 12.1 Å². The third-order valence-electron chi connectivity index (χ3n) is 2.62. The van der Waals surface area contributed by atoms with Crippen LogP contribution >= 0.6 is 23.5 Å². The van der Waals surface area contributed by atoms with Crippen molar-refractivity contribution in [2.24, 2.45) is 10.9 Å². The van der Waals surface area contributed by atoms with Crippen LogP contribution in [-0.2, 0) is 11.3 Å². The van der Waals surface area contributed by atoms with Gasteiger partial charge in [-0.3, -0.25) is 9.93 Å². The number of carbonyl (C=O) groups is 1. The molecule has 110 valence electrons. The fraction of sp³-hybridized carbons (Fsp3) is 0.308. The number of hydrogen-bond acceptors (Lipinski definition) is 4. The Morgan fingerprint density at radius 2 is 2.20 bits per heavy atom. The van der Waals surface area contributed by atoms with E-state index in [4.69, 9.17) is 22.5 Å². The van der Waals surface area contributed by atoms with Gasteiger partial charge < -0.3 is 11.1 Å². The third-order valence-corrected chi connectivity index (χ3v) is 3.66. The van der Waals surface area contributed by atoms with Crippen molar-refractivity contribution in [1.82, 2.24) is 5.32 Å². The molecule has 5 N–H and O–H groups in total. The molecule has 0 unspecified atom stereocenters. The molecule has 1 rings (SSSR count). The molecule has 0 aliphatic heterocycles. The van der Waals surface area contributed by atoms with Crippen LogP contribution in [0.2, 0.25) is 5.02 Å². The molecule has 1 amide bonds. The molecular weight excluding hydrogens is 301 g/mol. The summed E-state index contributed by atoms with van der Waals surface area (Å²) in [5.74, 6) is -0.895. The van der Waals surface area contributed by atoms with Crippen molar-refractivity contribution in [1.29, 1.82) is 0 Å². The van der Waals surface area contributed by atoms with Gasteiger partial charge in [-0.15, -0.1) is 0 Å². The monoisotopic (exact) mass is 317 g/mol. The largest absolute Gasteiger partial charge is 0.401 e. The van der Waals surface area contributed by atoms with Gasteiger partial charge in [0.2, 0.25) is 0 Å². The molecule has 0 aromatic heterocycles. The highest BCUT2D eigenvalue weighted by molar-refractivity contribution is 8.01. The first-order valence-electron chi connectivity index (χ1n) is 6.07. The number of carbonyl (C=O) groups excluding carboxylic acids is 1. The van der Waals surface area contributed by atoms with Crippen LogP contribution in [0.3, 0.4) is 0 Å². The van der Waals surface area contributed by atoms with Gasteiger partial charge in [-0.05, 0) is 30.5 Å². The van der Waals surface area contributed by atoms with Crippen LogP contribution in [0.15, 0.2) is 28.8 Å². The van der Waals surface area contributed by atoms with Crippen LogP contribution < -0.4 is 16.2 Å². The normalized spacial score (nSPS) is 12.0. The fourth-order valence-electron chi connectivity index (χ4n) is 1.61. The van der Waals surface area contributed by atoms with Crippen molar-refractivity contribution in [2.45, 2.75) is 26.3 Å². The zero-order valence-electron chi connectivity index (χ0n) is 11.1. The van der Waals surface area contributed by atoms with Crippen molar-refractivity contribution in [3.63, 3.8) is 0 Å². The molecule has 0 spiro atoms. The highest BCUT2D eigenvalue weighted by atomic mass is 35.5. The third kappa shape index (κ3) is 4.40. The van der Waals surface area contributed by atoms with Gasteiger partial charge in [0.15, 0.2) is 0 Å². The number of hydrogen-bond donors (Lipinski definition) is 3. The lowest BCUT2D eigenvalue weighted by molar-refractivity contribution is -0.117. The van der Waals surface area contributed by atoms with Crippen molar-refractivity contribution in [3.05, 3.63) is 45.2 Å². The molecule has 0 heterocycles. The highest BCUT2D eigenvalue weighted by Gasteiger charge is 2.14. The van der Waals surface area contributed by atoms with Gasteiger partial charge in [0.1, 0.15) is 10.7 Å². The van der Waals surface area contributed by atoms with Gasteiger partial charge in [0.25, 0.3) is 5.91 Å². The predicted octanol–water partition coefficient (Wildman–Crippen LogP) is 2.67. The van der Waals surface area contributed by atoms with Crippen LogP contribution in [0.1, 0.15) is 25.3 Å². The Hall–Kier alpha value is -1.24. The molecule has 0 atom stereocenters. The van der Waals surface area contributed by atoms with E-state index in [9.17, 15) is 9.18 Å². The standard InChI is InChI=1S/C13H17ClFN3OS/c1-2-4-11(16)12(20-17)13(19)18-7-8-9(14)5-3-6-10(8)15/h3,5-6H,2,4,7,16-17H2,1H3,(H,18,19)/b12-11-. The number of nitrogens with one attached hydrogen (secondary N) is 1. The van der Waals surface area contributed by atoms with Gasteiger partial charge in [-0.1, -0.05) is 31.0 Å². The second kappa shape index (κ2) is 8.14. The molecule has 7 heteroatoms. The average molecular weight is 318 g/mol. The van der Waals surface area contributed by atoms with Gasteiger partial charge in [0, 0.05) is 22.8 Å². The van der Waals surface area contributed by atoms with E-state index in [1.54, 1.807) is 6.07 Å². The Bertz CT molecular complexity index is 502. The summed E-state index contributed by atoms with van der Waals surface area (Å²) in [6.07, 6.45) is 1.38. The van der Waals surface area contributed by atoms with Crippen LogP contribution in [0.25, 0.3) is 0 Å². The lowest BCUT2D eigenvalue weighted by atomic mass is 10.2. The molecule has 4 nitrogen and oxygen atoms in total. The van der Waals surface area contributed by atoms with Crippen molar-refractivity contribution >= 4 is 29.5 Å². The van der Waals surface area contributed by atoms with Crippen molar-refractivity contribution in [2.75, 3.05) is 0 Å². The molecule has 0 bridgehead atoms. The number of amides is 1. The lowest BCUT2D eigenvalue weighted by Crippen LogP contribution is -2.26. The number of rotatable bonds is 6. The van der Waals surface area contributed by atoms with E-state index in [2.05, 4.69) is 5.32 Å². The minimum atomic E-state index is -0.467. The highest BCUT2D eigenvalue weighted by Crippen LogP contribution is 2.20. The first-order chi connectivity index (χ1) is 9.51. The van der Waals surface area contributed by atoms with Gasteiger partial charge >= 0.3 is 0 Å². The van der Waals surface area contributed by atoms with Crippen LogP contribution in [0.5, 0.6) is 0 Å². The van der Waals surface area contributed by atoms with Gasteiger partial charge in [-0.2, -0.15) is 0 Å². The SMILES string of the molecule is CCC/C(N)=C(/SN)C(=O)NCc1c(F)cccc1Cl. The Morgan fingerprint density at radius 1 is 1.50 bits per heavy atom. The van der Waals surface area contributed by atoms with Crippen LogP contribution in [0, 0.1) is 5.82 Å². The van der Waals surface area contributed by atoms with E-state index in [1.165, 1.54) is 12.1 Å². The summed E-state index contributed by atoms with van der Waals surface area (Å²) in [6, 6.07) is 4.35. The number of allylic oxidation sites excluding steroid dienone is 1. The fourth-order valence-corrected chi connectivity index (χ4v) is 2.27. The average Bonchev–Trinajstić information content (AvgIpc) is 2.39. The van der Waals surface area contributed by atoms with Gasteiger partial charge in [0.05, 0.1) is 0 Å². The quantitative estimate of drug-likeness (QED) is 0.556. The molecule has 0 fully saturated rings. The molecule has 0 saturated heterocycles. The van der Waals surface area contributed by atoms with E-state index < -0.39 is 11.7 Å². The van der Waals surface area contributed by atoms with Crippen molar-refractivity contribution in [3.8, 4) is 0 Å². The zero-order valence-corrected chi connectivity index (χ0v) is 12.7. The molecule has 0 aliphatic rings. The van der Waals surface area contributed by atoms with Crippen LogP contribution in [0.4, 0.5) is 4.39 Å². The maximum Gasteiger partial charge on any atom is 0.261 e. The molecule has 1 aromatic carbocycles. The smallest absolute Gasteiger partial charge is 0.261 e. The summed E-state index contributed by atoms with van der Waals surface area (Å²) in [4.78, 5) is 12.2. The first kappa shape index (κ1) is 16.8. The number of benzene rings is 1. The number of nitrogens with two attached hydrogens (primary N) is 2. The van der Waals surface area contributed by atoms with E-state index in [0.717, 1.165) is 18.4 Å². The van der Waals surface area contributed by atoms with E-state index >= 15 is 0 Å². The molecule has 0 aliphatic carbocycles. The molecular formula is C13H17ClFN3OS. The predicted molar refractivity (Wildman–Crippen MR) is 81.2 cm³/mol. The maximum absolute atomic E-state index is 13.6. The molecule has 0 saturated carbocycles. The summed E-state index contributed by atoms with van der Waals surface area (Å²) >= 11 is 6.67. The van der Waals surface area contributed by atoms with Gasteiger partial charge in [-0.25, -0.2) is 4.39 Å². The summed E-state index contributed by atoms with van der Waals surface area (Å²) in [7, 11) is 0.